The molecule has 21 heavy (non-hydrogen) atoms. The van der Waals surface area contributed by atoms with E-state index in [9.17, 15) is 9.59 Å². The zero-order chi connectivity index (χ0) is 15.7. The lowest BCUT2D eigenvalue weighted by atomic mass is 10.0. The van der Waals surface area contributed by atoms with Gasteiger partial charge in [-0.1, -0.05) is 6.42 Å². The van der Waals surface area contributed by atoms with Crippen molar-refractivity contribution >= 4 is 23.3 Å². The maximum absolute atomic E-state index is 11.5. The highest BCUT2D eigenvalue weighted by atomic mass is 32.1. The van der Waals surface area contributed by atoms with Gasteiger partial charge in [0.15, 0.2) is 0 Å². The molecule has 0 N–H and O–H groups in total. The quantitative estimate of drug-likeness (QED) is 0.545. The van der Waals surface area contributed by atoms with E-state index in [0.29, 0.717) is 18.6 Å². The molecular weight excluding hydrogens is 290 g/mol. The van der Waals surface area contributed by atoms with E-state index in [2.05, 4.69) is 4.74 Å². The highest BCUT2D eigenvalue weighted by Crippen LogP contribution is 2.19. The van der Waals surface area contributed by atoms with Gasteiger partial charge in [0, 0.05) is 10.3 Å². The van der Waals surface area contributed by atoms with Crippen molar-refractivity contribution in [2.45, 2.75) is 32.6 Å². The third-order valence-electron chi connectivity index (χ3n) is 2.97. The van der Waals surface area contributed by atoms with Crippen molar-refractivity contribution in [1.82, 2.24) is 0 Å². The second kappa shape index (κ2) is 9.14. The lowest BCUT2D eigenvalue weighted by molar-refractivity contribution is -0.146. The van der Waals surface area contributed by atoms with Gasteiger partial charge in [-0.25, -0.2) is 4.79 Å². The summed E-state index contributed by atoms with van der Waals surface area (Å²) in [6.07, 6.45) is 2.95. The van der Waals surface area contributed by atoms with Crippen LogP contribution in [0, 0.1) is 17.2 Å². The van der Waals surface area contributed by atoms with Gasteiger partial charge in [-0.05, 0) is 32.3 Å². The summed E-state index contributed by atoms with van der Waals surface area (Å²) >= 11 is 1.51. The number of nitriles is 1. The topological polar surface area (TPSA) is 76.4 Å². The number of esters is 2. The normalized spacial score (nSPS) is 11.5. The Balaban J connectivity index is 2.33. The van der Waals surface area contributed by atoms with Crippen molar-refractivity contribution in [3.05, 3.63) is 21.9 Å². The molecule has 1 heterocycles. The van der Waals surface area contributed by atoms with Gasteiger partial charge in [-0.15, -0.1) is 11.3 Å². The second-order valence-electron chi connectivity index (χ2n) is 4.47. The Kier molecular flexibility index (Phi) is 7.48. The second-order valence-corrected chi connectivity index (χ2v) is 5.47. The Hall–Kier alpha value is -1.87. The number of carbonyl (C=O) groups excluding carboxylic acids is 2. The van der Waals surface area contributed by atoms with E-state index in [4.69, 9.17) is 10.00 Å². The van der Waals surface area contributed by atoms with Gasteiger partial charge in [-0.2, -0.15) is 5.26 Å². The number of methoxy groups -OCH3 is 1. The van der Waals surface area contributed by atoms with Crippen LogP contribution < -0.4 is 0 Å². The van der Waals surface area contributed by atoms with Crippen molar-refractivity contribution < 1.29 is 19.1 Å². The van der Waals surface area contributed by atoms with Crippen LogP contribution in [0.1, 0.15) is 41.4 Å². The molecule has 0 spiro atoms. The van der Waals surface area contributed by atoms with E-state index < -0.39 is 11.9 Å². The fourth-order valence-corrected chi connectivity index (χ4v) is 2.76. The maximum atomic E-state index is 11.5. The van der Waals surface area contributed by atoms with E-state index in [1.54, 1.807) is 12.3 Å². The fourth-order valence-electron chi connectivity index (χ4n) is 1.86. The van der Waals surface area contributed by atoms with Crippen LogP contribution >= 0.6 is 11.3 Å². The molecule has 1 atom stereocenters. The largest absolute Gasteiger partial charge is 0.465 e. The van der Waals surface area contributed by atoms with Crippen LogP contribution in [-0.2, 0) is 20.7 Å². The molecule has 0 bridgehead atoms. The smallest absolute Gasteiger partial charge is 0.338 e. The van der Waals surface area contributed by atoms with Crippen molar-refractivity contribution in [3.8, 4) is 6.07 Å². The highest BCUT2D eigenvalue weighted by Gasteiger charge is 2.18. The first-order valence-electron chi connectivity index (χ1n) is 6.84. The molecule has 1 aromatic heterocycles. The zero-order valence-electron chi connectivity index (χ0n) is 12.3. The summed E-state index contributed by atoms with van der Waals surface area (Å²) in [7, 11) is 1.36. The van der Waals surface area contributed by atoms with Gasteiger partial charge < -0.3 is 9.47 Å². The molecule has 1 unspecified atom stereocenters. The standard InChI is InChI=1S/C15H19NO4S/c1-3-20-15(18)11(9-16)6-4-5-7-13-8-12(10-21-13)14(17)19-2/h8,10-11H,3-7H2,1-2H3. The molecule has 0 aliphatic carbocycles. The summed E-state index contributed by atoms with van der Waals surface area (Å²) in [6, 6.07) is 3.80. The number of hydrogen-bond acceptors (Lipinski definition) is 6. The number of aryl methyl sites for hydroxylation is 1. The van der Waals surface area contributed by atoms with Crippen molar-refractivity contribution in [3.63, 3.8) is 0 Å². The summed E-state index contributed by atoms with van der Waals surface area (Å²) in [6.45, 7) is 2.02. The third kappa shape index (κ3) is 5.56. The van der Waals surface area contributed by atoms with E-state index >= 15 is 0 Å². The number of rotatable bonds is 8. The molecule has 0 aliphatic heterocycles. The molecule has 0 saturated heterocycles. The zero-order valence-corrected chi connectivity index (χ0v) is 13.1. The van der Waals surface area contributed by atoms with E-state index in [-0.39, 0.29) is 5.97 Å². The SMILES string of the molecule is CCOC(=O)C(C#N)CCCCc1cc(C(=O)OC)cs1. The highest BCUT2D eigenvalue weighted by molar-refractivity contribution is 7.10. The Morgan fingerprint density at radius 1 is 1.43 bits per heavy atom. The average Bonchev–Trinajstić information content (AvgIpc) is 2.95. The Labute approximate surface area is 128 Å². The molecule has 1 rings (SSSR count). The van der Waals surface area contributed by atoms with Gasteiger partial charge in [0.05, 0.1) is 25.3 Å². The first-order chi connectivity index (χ1) is 10.1. The predicted molar refractivity (Wildman–Crippen MR) is 78.9 cm³/mol. The first-order valence-corrected chi connectivity index (χ1v) is 7.72. The molecule has 0 radical (unpaired) electrons. The van der Waals surface area contributed by atoms with E-state index in [1.807, 2.05) is 12.1 Å². The summed E-state index contributed by atoms with van der Waals surface area (Å²) in [5.74, 6) is -1.45. The third-order valence-corrected chi connectivity index (χ3v) is 3.96. The average molecular weight is 309 g/mol. The molecule has 114 valence electrons. The predicted octanol–water partition coefficient (Wildman–Crippen LogP) is 2.95. The number of ether oxygens (including phenoxy) is 2. The summed E-state index contributed by atoms with van der Waals surface area (Å²) < 4.78 is 9.49. The molecule has 1 aromatic rings. The minimum absolute atomic E-state index is 0.294. The number of nitrogens with zero attached hydrogens (tertiary/aromatic N) is 1. The van der Waals surface area contributed by atoms with Gasteiger partial charge in [-0.3, -0.25) is 4.79 Å². The van der Waals surface area contributed by atoms with Gasteiger partial charge in [0.1, 0.15) is 5.92 Å². The Bertz CT molecular complexity index is 518. The first kappa shape index (κ1) is 17.2. The van der Waals surface area contributed by atoms with Crippen LogP contribution in [0.15, 0.2) is 11.4 Å². The molecule has 0 saturated carbocycles. The van der Waals surface area contributed by atoms with Crippen LogP contribution in [0.25, 0.3) is 0 Å². The lowest BCUT2D eigenvalue weighted by Gasteiger charge is -2.07. The van der Waals surface area contributed by atoms with Gasteiger partial charge in [0.25, 0.3) is 0 Å². The van der Waals surface area contributed by atoms with Crippen molar-refractivity contribution in [2.75, 3.05) is 13.7 Å². The van der Waals surface area contributed by atoms with Crippen molar-refractivity contribution in [1.29, 1.82) is 5.26 Å². The summed E-state index contributed by atoms with van der Waals surface area (Å²) in [5.41, 5.74) is 0.568. The molecular formula is C15H19NO4S. The van der Waals surface area contributed by atoms with Crippen LogP contribution in [0.3, 0.4) is 0 Å². The van der Waals surface area contributed by atoms with Gasteiger partial charge in [0.2, 0.25) is 0 Å². The number of hydrogen-bond donors (Lipinski definition) is 0. The maximum Gasteiger partial charge on any atom is 0.338 e. The van der Waals surface area contributed by atoms with Crippen molar-refractivity contribution in [2.24, 2.45) is 5.92 Å². The molecule has 0 fully saturated rings. The van der Waals surface area contributed by atoms with Crippen LogP contribution in [0.2, 0.25) is 0 Å². The fraction of sp³-hybridized carbons (Fsp3) is 0.533. The number of unbranched alkanes of at least 4 members (excludes halogenated alkanes) is 1. The minimum atomic E-state index is -0.682. The molecule has 0 aliphatic rings. The van der Waals surface area contributed by atoms with Crippen LogP contribution in [0.4, 0.5) is 0 Å². The van der Waals surface area contributed by atoms with Gasteiger partial charge >= 0.3 is 11.9 Å². The van der Waals surface area contributed by atoms with E-state index in [0.717, 1.165) is 24.1 Å². The Morgan fingerprint density at radius 2 is 2.19 bits per heavy atom. The Morgan fingerprint density at radius 3 is 2.81 bits per heavy atom. The minimum Gasteiger partial charge on any atom is -0.465 e. The number of thiophene rings is 1. The molecule has 0 aromatic carbocycles. The number of carbonyl (C=O) groups is 2. The molecule has 0 amide bonds. The monoisotopic (exact) mass is 309 g/mol. The van der Waals surface area contributed by atoms with Crippen LogP contribution in [-0.4, -0.2) is 25.7 Å². The van der Waals surface area contributed by atoms with E-state index in [1.165, 1.54) is 18.4 Å². The summed E-state index contributed by atoms with van der Waals surface area (Å²) in [5, 5.41) is 10.7. The lowest BCUT2D eigenvalue weighted by Crippen LogP contribution is -2.16. The molecule has 6 heteroatoms. The van der Waals surface area contributed by atoms with Crippen LogP contribution in [0.5, 0.6) is 0 Å². The molecule has 5 nitrogen and oxygen atoms in total. The summed E-state index contributed by atoms with van der Waals surface area (Å²) in [4.78, 5) is 23.9.